The van der Waals surface area contributed by atoms with Gasteiger partial charge >= 0.3 is 0 Å². The third-order valence-corrected chi connectivity index (χ3v) is 5.53. The third-order valence-electron chi connectivity index (χ3n) is 4.53. The zero-order valence-electron chi connectivity index (χ0n) is 12.5. The number of hydrogen-bond acceptors (Lipinski definition) is 3. The average molecular weight is 304 g/mol. The van der Waals surface area contributed by atoms with Crippen LogP contribution < -0.4 is 5.73 Å². The number of hydrogen-bond donors (Lipinski definition) is 1. The van der Waals surface area contributed by atoms with E-state index in [9.17, 15) is 4.39 Å². The standard InChI is InChI=1S/C17H21FN2S/c1-11-3-4-13(9-15(11)18)16(10-19)20-7-5-17-14(12(20)2)6-8-21-17/h3-4,6,8-9,12,16H,5,7,10,19H2,1-2H3. The smallest absolute Gasteiger partial charge is 0.126 e. The van der Waals surface area contributed by atoms with Gasteiger partial charge in [-0.15, -0.1) is 11.3 Å². The normalized spacial score (nSPS) is 20.3. The molecule has 0 amide bonds. The molecule has 0 saturated heterocycles. The van der Waals surface area contributed by atoms with Crippen molar-refractivity contribution < 1.29 is 4.39 Å². The van der Waals surface area contributed by atoms with Crippen molar-refractivity contribution in [3.05, 3.63) is 57.0 Å². The maximum Gasteiger partial charge on any atom is 0.126 e. The van der Waals surface area contributed by atoms with Crippen molar-refractivity contribution >= 4 is 11.3 Å². The SMILES string of the molecule is Cc1ccc(C(CN)N2CCc3sccc3C2C)cc1F. The summed E-state index contributed by atoms with van der Waals surface area (Å²) in [5.74, 6) is -0.146. The molecule has 1 aliphatic heterocycles. The van der Waals surface area contributed by atoms with E-state index in [1.54, 1.807) is 13.0 Å². The van der Waals surface area contributed by atoms with Crippen LogP contribution in [0, 0.1) is 12.7 Å². The molecule has 112 valence electrons. The second-order valence-electron chi connectivity index (χ2n) is 5.72. The molecule has 21 heavy (non-hydrogen) atoms. The first-order valence-corrected chi connectivity index (χ1v) is 8.28. The van der Waals surface area contributed by atoms with Gasteiger partial charge in [-0.1, -0.05) is 12.1 Å². The maximum absolute atomic E-state index is 13.9. The molecule has 2 aromatic rings. The molecule has 2 unspecified atom stereocenters. The quantitative estimate of drug-likeness (QED) is 0.934. The molecule has 0 aliphatic carbocycles. The van der Waals surface area contributed by atoms with Crippen LogP contribution in [0.25, 0.3) is 0 Å². The molecule has 1 aromatic carbocycles. The Labute approximate surface area is 129 Å². The minimum Gasteiger partial charge on any atom is -0.329 e. The first kappa shape index (κ1) is 14.7. The van der Waals surface area contributed by atoms with Crippen LogP contribution in [0.1, 0.15) is 40.6 Å². The highest BCUT2D eigenvalue weighted by Crippen LogP contribution is 2.37. The molecule has 1 aliphatic rings. The van der Waals surface area contributed by atoms with Crippen molar-refractivity contribution in [1.29, 1.82) is 0 Å². The van der Waals surface area contributed by atoms with E-state index in [0.29, 0.717) is 18.2 Å². The van der Waals surface area contributed by atoms with E-state index >= 15 is 0 Å². The van der Waals surface area contributed by atoms with E-state index in [1.807, 2.05) is 23.5 Å². The lowest BCUT2D eigenvalue weighted by molar-refractivity contribution is 0.138. The molecule has 2 nitrogen and oxygen atoms in total. The summed E-state index contributed by atoms with van der Waals surface area (Å²) < 4.78 is 13.9. The molecule has 0 fully saturated rings. The summed E-state index contributed by atoms with van der Waals surface area (Å²) in [5.41, 5.74) is 9.08. The molecule has 0 spiro atoms. The van der Waals surface area contributed by atoms with Gasteiger partial charge < -0.3 is 5.73 Å². The summed E-state index contributed by atoms with van der Waals surface area (Å²) in [6.45, 7) is 5.49. The van der Waals surface area contributed by atoms with Crippen LogP contribution in [0.3, 0.4) is 0 Å². The van der Waals surface area contributed by atoms with Gasteiger partial charge in [0.1, 0.15) is 5.82 Å². The molecule has 0 saturated carbocycles. The lowest BCUT2D eigenvalue weighted by Crippen LogP contribution is -2.39. The molecule has 0 radical (unpaired) electrons. The highest BCUT2D eigenvalue weighted by atomic mass is 32.1. The predicted molar refractivity (Wildman–Crippen MR) is 86.1 cm³/mol. The van der Waals surface area contributed by atoms with Crippen LogP contribution in [0.15, 0.2) is 29.6 Å². The summed E-state index contributed by atoms with van der Waals surface area (Å²) in [7, 11) is 0. The second kappa shape index (κ2) is 5.87. The van der Waals surface area contributed by atoms with Crippen molar-refractivity contribution in [3.8, 4) is 0 Å². The van der Waals surface area contributed by atoms with E-state index < -0.39 is 0 Å². The molecular formula is C17H21FN2S. The van der Waals surface area contributed by atoms with Gasteiger partial charge in [-0.3, -0.25) is 4.90 Å². The largest absolute Gasteiger partial charge is 0.329 e. The number of halogens is 1. The van der Waals surface area contributed by atoms with Crippen LogP contribution in [0.2, 0.25) is 0 Å². The number of nitrogens with zero attached hydrogens (tertiary/aromatic N) is 1. The van der Waals surface area contributed by atoms with Crippen molar-refractivity contribution in [1.82, 2.24) is 4.90 Å². The van der Waals surface area contributed by atoms with E-state index in [2.05, 4.69) is 23.3 Å². The molecule has 3 rings (SSSR count). The Balaban J connectivity index is 1.92. The van der Waals surface area contributed by atoms with Gasteiger partial charge in [-0.05, 0) is 54.5 Å². The molecule has 1 aromatic heterocycles. The first-order chi connectivity index (χ1) is 10.1. The topological polar surface area (TPSA) is 29.3 Å². The van der Waals surface area contributed by atoms with Gasteiger partial charge in [0.25, 0.3) is 0 Å². The first-order valence-electron chi connectivity index (χ1n) is 7.40. The zero-order chi connectivity index (χ0) is 15.0. The van der Waals surface area contributed by atoms with Gasteiger partial charge in [0.15, 0.2) is 0 Å². The monoisotopic (exact) mass is 304 g/mol. The second-order valence-corrected chi connectivity index (χ2v) is 6.72. The molecule has 4 heteroatoms. The van der Waals surface area contributed by atoms with Gasteiger partial charge in [0.2, 0.25) is 0 Å². The van der Waals surface area contributed by atoms with Crippen molar-refractivity contribution in [3.63, 3.8) is 0 Å². The molecular weight excluding hydrogens is 283 g/mol. The van der Waals surface area contributed by atoms with E-state index in [4.69, 9.17) is 5.73 Å². The summed E-state index contributed by atoms with van der Waals surface area (Å²) in [4.78, 5) is 3.88. The highest BCUT2D eigenvalue weighted by Gasteiger charge is 2.30. The Hall–Kier alpha value is -1.23. The van der Waals surface area contributed by atoms with Crippen molar-refractivity contribution in [2.75, 3.05) is 13.1 Å². The van der Waals surface area contributed by atoms with Gasteiger partial charge in [-0.2, -0.15) is 0 Å². The molecule has 2 heterocycles. The van der Waals surface area contributed by atoms with Crippen LogP contribution >= 0.6 is 11.3 Å². The number of rotatable bonds is 3. The minimum absolute atomic E-state index is 0.0724. The van der Waals surface area contributed by atoms with Gasteiger partial charge in [-0.25, -0.2) is 4.39 Å². The fourth-order valence-corrected chi connectivity index (χ4v) is 4.20. The van der Waals surface area contributed by atoms with Crippen LogP contribution in [0.4, 0.5) is 4.39 Å². The van der Waals surface area contributed by atoms with E-state index in [0.717, 1.165) is 18.5 Å². The fraction of sp³-hybridized carbons (Fsp3) is 0.412. The zero-order valence-corrected chi connectivity index (χ0v) is 13.3. The fourth-order valence-electron chi connectivity index (χ4n) is 3.23. The average Bonchev–Trinajstić information content (AvgIpc) is 2.95. The van der Waals surface area contributed by atoms with Gasteiger partial charge in [0.05, 0.1) is 0 Å². The minimum atomic E-state index is -0.146. The predicted octanol–water partition coefficient (Wildman–Crippen LogP) is 3.81. The lowest BCUT2D eigenvalue weighted by Gasteiger charge is -2.39. The number of fused-ring (bicyclic) bond motifs is 1. The number of nitrogens with two attached hydrogens (primary N) is 1. The van der Waals surface area contributed by atoms with Crippen LogP contribution in [-0.2, 0) is 6.42 Å². The lowest BCUT2D eigenvalue weighted by atomic mass is 9.95. The Kier molecular flexibility index (Phi) is 4.11. The Bertz CT molecular complexity index is 637. The third kappa shape index (κ3) is 2.63. The van der Waals surface area contributed by atoms with Crippen molar-refractivity contribution in [2.45, 2.75) is 32.4 Å². The molecule has 0 bridgehead atoms. The highest BCUT2D eigenvalue weighted by molar-refractivity contribution is 7.10. The Morgan fingerprint density at radius 2 is 2.24 bits per heavy atom. The molecule has 2 atom stereocenters. The van der Waals surface area contributed by atoms with Crippen molar-refractivity contribution in [2.24, 2.45) is 5.73 Å². The maximum atomic E-state index is 13.9. The number of aryl methyl sites for hydroxylation is 1. The van der Waals surface area contributed by atoms with Gasteiger partial charge in [0, 0.05) is 30.1 Å². The molecule has 2 N–H and O–H groups in total. The number of thiophene rings is 1. The summed E-state index contributed by atoms with van der Waals surface area (Å²) in [6.07, 6.45) is 1.06. The van der Waals surface area contributed by atoms with E-state index in [1.165, 1.54) is 10.4 Å². The van der Waals surface area contributed by atoms with Crippen LogP contribution in [-0.4, -0.2) is 18.0 Å². The summed E-state index contributed by atoms with van der Waals surface area (Å²) in [5, 5.41) is 2.16. The Morgan fingerprint density at radius 3 is 2.95 bits per heavy atom. The summed E-state index contributed by atoms with van der Waals surface area (Å²) >= 11 is 1.83. The van der Waals surface area contributed by atoms with E-state index in [-0.39, 0.29) is 11.9 Å². The summed E-state index contributed by atoms with van der Waals surface area (Å²) in [6, 6.07) is 8.10. The Morgan fingerprint density at radius 1 is 1.43 bits per heavy atom. The number of benzene rings is 1. The van der Waals surface area contributed by atoms with Crippen LogP contribution in [0.5, 0.6) is 0 Å².